The lowest BCUT2D eigenvalue weighted by molar-refractivity contribution is 0.591. The fourth-order valence-corrected chi connectivity index (χ4v) is 2.05. The number of aromatic nitrogens is 1. The Morgan fingerprint density at radius 1 is 1.13 bits per heavy atom. The van der Waals surface area contributed by atoms with Crippen LogP contribution in [0.3, 0.4) is 0 Å². The average Bonchev–Trinajstić information content (AvgIpc) is 2.41. The van der Waals surface area contributed by atoms with Gasteiger partial charge in [0, 0.05) is 24.1 Å². The normalized spacial score (nSPS) is 12.3. The standard InChI is InChI=1S/C14H19N/c1-10-9-15(5)13-8-11(14(2,3)4)6-7-12(10)13/h6-9H,1-5H3. The largest absolute Gasteiger partial charge is 0.350 e. The van der Waals surface area contributed by atoms with E-state index in [0.717, 1.165) is 0 Å². The second-order valence-electron chi connectivity index (χ2n) is 5.40. The van der Waals surface area contributed by atoms with Gasteiger partial charge in [0.25, 0.3) is 0 Å². The first-order valence-corrected chi connectivity index (χ1v) is 5.46. The Labute approximate surface area is 91.7 Å². The number of nitrogens with zero attached hydrogens (tertiary/aromatic N) is 1. The van der Waals surface area contributed by atoms with Crippen molar-refractivity contribution in [3.63, 3.8) is 0 Å². The molecule has 1 aromatic carbocycles. The van der Waals surface area contributed by atoms with Gasteiger partial charge in [0.1, 0.15) is 0 Å². The zero-order valence-electron chi connectivity index (χ0n) is 10.3. The highest BCUT2D eigenvalue weighted by Gasteiger charge is 2.14. The molecule has 80 valence electrons. The van der Waals surface area contributed by atoms with Gasteiger partial charge in [0.05, 0.1) is 0 Å². The first kappa shape index (κ1) is 10.3. The van der Waals surface area contributed by atoms with Crippen LogP contribution in [0.4, 0.5) is 0 Å². The first-order valence-electron chi connectivity index (χ1n) is 5.46. The molecule has 0 saturated heterocycles. The molecule has 0 N–H and O–H groups in total. The van der Waals surface area contributed by atoms with E-state index in [0.29, 0.717) is 0 Å². The van der Waals surface area contributed by atoms with Crippen LogP contribution in [0.25, 0.3) is 10.9 Å². The van der Waals surface area contributed by atoms with Crippen molar-refractivity contribution in [2.24, 2.45) is 7.05 Å². The highest BCUT2D eigenvalue weighted by atomic mass is 14.9. The molecule has 0 unspecified atom stereocenters. The fraction of sp³-hybridized carbons (Fsp3) is 0.429. The lowest BCUT2D eigenvalue weighted by atomic mass is 9.86. The van der Waals surface area contributed by atoms with Crippen molar-refractivity contribution in [1.29, 1.82) is 0 Å². The Morgan fingerprint density at radius 2 is 1.80 bits per heavy atom. The molecule has 0 aliphatic heterocycles. The molecule has 2 aromatic rings. The Morgan fingerprint density at radius 3 is 2.40 bits per heavy atom. The van der Waals surface area contributed by atoms with Gasteiger partial charge in [-0.05, 0) is 29.5 Å². The Bertz CT molecular complexity index is 498. The molecule has 0 amide bonds. The van der Waals surface area contributed by atoms with E-state index in [4.69, 9.17) is 0 Å². The van der Waals surface area contributed by atoms with Crippen LogP contribution in [-0.2, 0) is 12.5 Å². The number of hydrogen-bond acceptors (Lipinski definition) is 0. The van der Waals surface area contributed by atoms with Crippen molar-refractivity contribution in [2.75, 3.05) is 0 Å². The molecular formula is C14H19N. The Hall–Kier alpha value is -1.24. The number of fused-ring (bicyclic) bond motifs is 1. The van der Waals surface area contributed by atoms with Crippen molar-refractivity contribution in [3.05, 3.63) is 35.5 Å². The summed E-state index contributed by atoms with van der Waals surface area (Å²) in [6, 6.07) is 6.79. The van der Waals surface area contributed by atoms with E-state index in [1.807, 2.05) is 0 Å². The molecule has 0 saturated carbocycles. The summed E-state index contributed by atoms with van der Waals surface area (Å²) in [5, 5.41) is 1.37. The maximum absolute atomic E-state index is 2.31. The molecule has 1 heteroatoms. The van der Waals surface area contributed by atoms with Crippen LogP contribution in [0, 0.1) is 6.92 Å². The van der Waals surface area contributed by atoms with Crippen LogP contribution in [0.1, 0.15) is 31.9 Å². The third-order valence-electron chi connectivity index (χ3n) is 3.06. The molecule has 0 aliphatic rings. The van der Waals surface area contributed by atoms with Crippen molar-refractivity contribution in [1.82, 2.24) is 4.57 Å². The van der Waals surface area contributed by atoms with E-state index >= 15 is 0 Å². The van der Waals surface area contributed by atoms with Gasteiger partial charge in [-0.3, -0.25) is 0 Å². The van der Waals surface area contributed by atoms with E-state index in [1.165, 1.54) is 22.0 Å². The van der Waals surface area contributed by atoms with Crippen molar-refractivity contribution >= 4 is 10.9 Å². The second kappa shape index (κ2) is 3.13. The number of rotatable bonds is 0. The monoisotopic (exact) mass is 201 g/mol. The SMILES string of the molecule is Cc1cn(C)c2cc(C(C)(C)C)ccc12. The van der Waals surface area contributed by atoms with Gasteiger partial charge >= 0.3 is 0 Å². The summed E-state index contributed by atoms with van der Waals surface area (Å²) in [6.07, 6.45) is 2.19. The van der Waals surface area contributed by atoms with E-state index in [1.54, 1.807) is 0 Å². The van der Waals surface area contributed by atoms with Crippen molar-refractivity contribution < 1.29 is 0 Å². The zero-order valence-corrected chi connectivity index (χ0v) is 10.3. The third-order valence-corrected chi connectivity index (χ3v) is 3.06. The number of aryl methyl sites for hydroxylation is 2. The molecule has 0 radical (unpaired) electrons. The van der Waals surface area contributed by atoms with Crippen molar-refractivity contribution in [3.8, 4) is 0 Å². The molecular weight excluding hydrogens is 182 g/mol. The summed E-state index contributed by atoms with van der Waals surface area (Å²) >= 11 is 0. The molecule has 0 aliphatic carbocycles. The van der Waals surface area contributed by atoms with Crippen LogP contribution in [0.15, 0.2) is 24.4 Å². The summed E-state index contributed by atoms with van der Waals surface area (Å²) in [7, 11) is 2.11. The maximum atomic E-state index is 2.31. The maximum Gasteiger partial charge on any atom is 0.0483 e. The Balaban J connectivity index is 2.71. The quantitative estimate of drug-likeness (QED) is 0.611. The minimum absolute atomic E-state index is 0.229. The van der Waals surface area contributed by atoms with Gasteiger partial charge in [0.2, 0.25) is 0 Å². The highest BCUT2D eigenvalue weighted by Crippen LogP contribution is 2.27. The average molecular weight is 201 g/mol. The van der Waals surface area contributed by atoms with Crippen LogP contribution >= 0.6 is 0 Å². The minimum atomic E-state index is 0.229. The summed E-state index contributed by atoms with van der Waals surface area (Å²) in [6.45, 7) is 8.93. The topological polar surface area (TPSA) is 4.93 Å². The summed E-state index contributed by atoms with van der Waals surface area (Å²) in [5.74, 6) is 0. The van der Waals surface area contributed by atoms with Crippen molar-refractivity contribution in [2.45, 2.75) is 33.1 Å². The lowest BCUT2D eigenvalue weighted by Gasteiger charge is -2.19. The Kier molecular flexibility index (Phi) is 2.14. The van der Waals surface area contributed by atoms with Gasteiger partial charge in [-0.1, -0.05) is 32.9 Å². The minimum Gasteiger partial charge on any atom is -0.350 e. The van der Waals surface area contributed by atoms with E-state index in [9.17, 15) is 0 Å². The summed E-state index contributed by atoms with van der Waals surface area (Å²) in [4.78, 5) is 0. The van der Waals surface area contributed by atoms with Gasteiger partial charge < -0.3 is 4.57 Å². The van der Waals surface area contributed by atoms with Gasteiger partial charge in [-0.15, -0.1) is 0 Å². The van der Waals surface area contributed by atoms with Crippen LogP contribution in [0.5, 0.6) is 0 Å². The highest BCUT2D eigenvalue weighted by molar-refractivity contribution is 5.84. The van der Waals surface area contributed by atoms with Crippen LogP contribution < -0.4 is 0 Å². The molecule has 15 heavy (non-hydrogen) atoms. The third kappa shape index (κ3) is 1.67. The lowest BCUT2D eigenvalue weighted by Crippen LogP contribution is -2.10. The number of benzene rings is 1. The molecule has 1 aromatic heterocycles. The molecule has 1 nitrogen and oxygen atoms in total. The van der Waals surface area contributed by atoms with Gasteiger partial charge in [-0.25, -0.2) is 0 Å². The number of hydrogen-bond donors (Lipinski definition) is 0. The first-order chi connectivity index (χ1) is 6.89. The molecule has 0 fully saturated rings. The van der Waals surface area contributed by atoms with E-state index in [2.05, 4.69) is 63.7 Å². The fourth-order valence-electron chi connectivity index (χ4n) is 2.05. The summed E-state index contributed by atoms with van der Waals surface area (Å²) in [5.41, 5.74) is 4.32. The van der Waals surface area contributed by atoms with Gasteiger partial charge in [0.15, 0.2) is 0 Å². The van der Waals surface area contributed by atoms with Crippen LogP contribution in [-0.4, -0.2) is 4.57 Å². The van der Waals surface area contributed by atoms with E-state index in [-0.39, 0.29) is 5.41 Å². The van der Waals surface area contributed by atoms with Crippen LogP contribution in [0.2, 0.25) is 0 Å². The molecule has 0 bridgehead atoms. The molecule has 2 rings (SSSR count). The smallest absolute Gasteiger partial charge is 0.0483 e. The summed E-state index contributed by atoms with van der Waals surface area (Å²) < 4.78 is 2.21. The molecule has 1 heterocycles. The zero-order chi connectivity index (χ0) is 11.2. The van der Waals surface area contributed by atoms with E-state index < -0.39 is 0 Å². The predicted octanol–water partition coefficient (Wildman–Crippen LogP) is 3.78. The molecule has 0 atom stereocenters. The second-order valence-corrected chi connectivity index (χ2v) is 5.40. The molecule has 0 spiro atoms. The van der Waals surface area contributed by atoms with Gasteiger partial charge in [-0.2, -0.15) is 0 Å². The predicted molar refractivity (Wildman–Crippen MR) is 66.4 cm³/mol.